The van der Waals surface area contributed by atoms with E-state index in [1.807, 2.05) is 49.5 Å². The number of carbonyl (C=O) groups excluding carboxylic acids is 1. The summed E-state index contributed by atoms with van der Waals surface area (Å²) in [6.07, 6.45) is 13.6. The Morgan fingerprint density at radius 1 is 1.14 bits per heavy atom. The van der Waals surface area contributed by atoms with Crippen LogP contribution in [0.3, 0.4) is 0 Å². The molecule has 4 rings (SSSR count). The number of likely N-dealkylation sites (tertiary alicyclic amines) is 1. The molecule has 1 fully saturated rings. The minimum Gasteiger partial charge on any atom is -0.385 e. The first-order chi connectivity index (χ1) is 20.2. The topological polar surface area (TPSA) is 60.9 Å². The van der Waals surface area contributed by atoms with Crippen LogP contribution in [-0.4, -0.2) is 67.1 Å². The molecule has 1 amide bonds. The Hall–Kier alpha value is -3.42. The summed E-state index contributed by atoms with van der Waals surface area (Å²) in [4.78, 5) is 27.2. The van der Waals surface area contributed by atoms with Crippen molar-refractivity contribution in [2.75, 3.05) is 45.3 Å². The molecule has 0 radical (unpaired) electrons. The second kappa shape index (κ2) is 16.3. The molecule has 0 bridgehead atoms. The van der Waals surface area contributed by atoms with Crippen LogP contribution in [0.15, 0.2) is 66.2 Å². The van der Waals surface area contributed by atoms with Crippen LogP contribution in [0.2, 0.25) is 0 Å². The SMILES string of the molecule is CC.CCCNC1=CC(C)ON(c2ccnc(C)c2/C=C(\C)CN2CCC(c3ccc(C(=O)N(C)C)cc3)CC2)C=C1. The lowest BCUT2D eigenvalue weighted by Gasteiger charge is -2.32. The lowest BCUT2D eigenvalue weighted by molar-refractivity contribution is 0.0827. The minimum absolute atomic E-state index is 0.0500. The van der Waals surface area contributed by atoms with E-state index in [4.69, 9.17) is 4.84 Å². The number of carbonyl (C=O) groups is 1. The minimum atomic E-state index is -0.0632. The molecule has 7 heteroatoms. The van der Waals surface area contributed by atoms with Gasteiger partial charge in [0.05, 0.1) is 5.69 Å². The molecule has 2 aliphatic rings. The molecule has 1 aromatic heterocycles. The lowest BCUT2D eigenvalue weighted by atomic mass is 9.88. The third kappa shape index (κ3) is 9.04. The Morgan fingerprint density at radius 2 is 1.83 bits per heavy atom. The number of hydrogen-bond acceptors (Lipinski definition) is 6. The first kappa shape index (κ1) is 33.1. The number of allylic oxidation sites excluding steroid dienone is 1. The molecule has 0 saturated carbocycles. The summed E-state index contributed by atoms with van der Waals surface area (Å²) in [6, 6.07) is 10.2. The van der Waals surface area contributed by atoms with Crippen LogP contribution >= 0.6 is 0 Å². The standard InChI is InChI=1S/C33H45N5O2.C2H6/c1-7-16-35-30-15-20-38(40-25(3)22-30)32-12-17-34-26(4)31(32)21-24(2)23-37-18-13-28(14-19-37)27-8-10-29(11-9-27)33(39)36(5)6;1-2/h8-12,15,17,20-22,25,28,35H,7,13-14,16,18-19,23H2,1-6H3;1-2H3/b24-21+;. The molecule has 1 unspecified atom stereocenters. The highest BCUT2D eigenvalue weighted by Crippen LogP contribution is 2.30. The van der Waals surface area contributed by atoms with Crippen LogP contribution in [0.5, 0.6) is 0 Å². The Bertz CT molecular complexity index is 1240. The van der Waals surface area contributed by atoms with Crippen molar-refractivity contribution in [2.45, 2.75) is 72.8 Å². The number of nitrogens with one attached hydrogen (secondary N) is 1. The van der Waals surface area contributed by atoms with Gasteiger partial charge in [0.1, 0.15) is 6.10 Å². The predicted octanol–water partition coefficient (Wildman–Crippen LogP) is 6.94. The monoisotopic (exact) mass is 573 g/mol. The van der Waals surface area contributed by atoms with Gasteiger partial charge in [-0.05, 0) is 95.0 Å². The van der Waals surface area contributed by atoms with Crippen LogP contribution in [0.25, 0.3) is 6.08 Å². The number of nitrogens with zero attached hydrogens (tertiary/aromatic N) is 4. The zero-order valence-corrected chi connectivity index (χ0v) is 27.0. The average molecular weight is 574 g/mol. The number of piperidine rings is 1. The summed E-state index contributed by atoms with van der Waals surface area (Å²) >= 11 is 0. The summed E-state index contributed by atoms with van der Waals surface area (Å²) < 4.78 is 0. The summed E-state index contributed by atoms with van der Waals surface area (Å²) in [5, 5.41) is 5.34. The Morgan fingerprint density at radius 3 is 2.48 bits per heavy atom. The van der Waals surface area contributed by atoms with E-state index in [0.29, 0.717) is 5.92 Å². The van der Waals surface area contributed by atoms with Gasteiger partial charge in [-0.2, -0.15) is 0 Å². The van der Waals surface area contributed by atoms with E-state index in [1.165, 1.54) is 11.1 Å². The Balaban J connectivity index is 0.00000237. The van der Waals surface area contributed by atoms with Crippen molar-refractivity contribution >= 4 is 17.7 Å². The molecular weight excluding hydrogens is 522 g/mol. The second-order valence-electron chi connectivity index (χ2n) is 11.2. The Labute approximate surface area is 253 Å². The molecule has 1 N–H and O–H groups in total. The third-order valence-electron chi connectivity index (χ3n) is 7.55. The fourth-order valence-electron chi connectivity index (χ4n) is 5.39. The molecule has 2 aliphatic heterocycles. The van der Waals surface area contributed by atoms with Crippen LogP contribution in [0, 0.1) is 6.92 Å². The van der Waals surface area contributed by atoms with Gasteiger partial charge in [0.15, 0.2) is 0 Å². The molecule has 0 aliphatic carbocycles. The van der Waals surface area contributed by atoms with Gasteiger partial charge >= 0.3 is 0 Å². The molecule has 1 aromatic carbocycles. The largest absolute Gasteiger partial charge is 0.385 e. The molecule has 3 heterocycles. The van der Waals surface area contributed by atoms with Gasteiger partial charge in [-0.25, -0.2) is 5.06 Å². The van der Waals surface area contributed by atoms with E-state index in [0.717, 1.165) is 73.6 Å². The van der Waals surface area contributed by atoms with Gasteiger partial charge in [0, 0.05) is 62.1 Å². The van der Waals surface area contributed by atoms with E-state index in [9.17, 15) is 4.79 Å². The normalized spacial score (nSPS) is 18.1. The van der Waals surface area contributed by atoms with E-state index in [2.05, 4.69) is 73.3 Å². The van der Waals surface area contributed by atoms with Gasteiger partial charge in [-0.15, -0.1) is 0 Å². The first-order valence-corrected chi connectivity index (χ1v) is 15.5. The Kier molecular flexibility index (Phi) is 12.8. The van der Waals surface area contributed by atoms with Crippen LogP contribution in [0.1, 0.15) is 87.0 Å². The molecule has 228 valence electrons. The second-order valence-corrected chi connectivity index (χ2v) is 11.2. The number of anilines is 1. The van der Waals surface area contributed by atoms with Crippen LogP contribution in [0.4, 0.5) is 5.69 Å². The number of amides is 1. The number of hydroxylamine groups is 1. The fraction of sp³-hybridized carbons (Fsp3) is 0.486. The number of hydrogen-bond donors (Lipinski definition) is 1. The predicted molar refractivity (Wildman–Crippen MR) is 175 cm³/mol. The average Bonchev–Trinajstić information content (AvgIpc) is 3.19. The van der Waals surface area contributed by atoms with E-state index < -0.39 is 0 Å². The zero-order chi connectivity index (χ0) is 30.6. The van der Waals surface area contributed by atoms with Crippen molar-refractivity contribution in [2.24, 2.45) is 0 Å². The molecule has 42 heavy (non-hydrogen) atoms. The van der Waals surface area contributed by atoms with Crippen molar-refractivity contribution in [3.63, 3.8) is 0 Å². The maximum Gasteiger partial charge on any atom is 0.253 e. The summed E-state index contributed by atoms with van der Waals surface area (Å²) in [7, 11) is 3.58. The quantitative estimate of drug-likeness (QED) is 0.351. The number of benzene rings is 1. The van der Waals surface area contributed by atoms with Crippen LogP contribution < -0.4 is 10.4 Å². The highest BCUT2D eigenvalue weighted by molar-refractivity contribution is 5.93. The van der Waals surface area contributed by atoms with Gasteiger partial charge in [-0.1, -0.05) is 44.6 Å². The van der Waals surface area contributed by atoms with Crippen molar-refractivity contribution in [3.05, 3.63) is 88.5 Å². The van der Waals surface area contributed by atoms with Gasteiger partial charge in [-0.3, -0.25) is 19.5 Å². The maximum absolute atomic E-state index is 12.2. The van der Waals surface area contributed by atoms with Crippen molar-refractivity contribution in [3.8, 4) is 0 Å². The number of rotatable bonds is 9. The summed E-state index contributed by atoms with van der Waals surface area (Å²) in [6.45, 7) is 16.5. The number of pyridine rings is 1. The smallest absolute Gasteiger partial charge is 0.253 e. The molecule has 0 spiro atoms. The van der Waals surface area contributed by atoms with Crippen molar-refractivity contribution in [1.29, 1.82) is 0 Å². The fourth-order valence-corrected chi connectivity index (χ4v) is 5.39. The molecule has 7 nitrogen and oxygen atoms in total. The molecular formula is C35H51N5O2. The van der Waals surface area contributed by atoms with Gasteiger partial charge < -0.3 is 10.2 Å². The van der Waals surface area contributed by atoms with E-state index in [-0.39, 0.29) is 12.0 Å². The zero-order valence-electron chi connectivity index (χ0n) is 27.0. The van der Waals surface area contributed by atoms with Gasteiger partial charge in [0.25, 0.3) is 5.91 Å². The molecule has 1 saturated heterocycles. The lowest BCUT2D eigenvalue weighted by Crippen LogP contribution is -2.34. The number of aromatic nitrogens is 1. The van der Waals surface area contributed by atoms with E-state index in [1.54, 1.807) is 19.0 Å². The van der Waals surface area contributed by atoms with Crippen molar-refractivity contribution in [1.82, 2.24) is 20.1 Å². The van der Waals surface area contributed by atoms with Crippen LogP contribution in [-0.2, 0) is 4.84 Å². The first-order valence-electron chi connectivity index (χ1n) is 15.5. The molecule has 1 atom stereocenters. The highest BCUT2D eigenvalue weighted by atomic mass is 16.7. The summed E-state index contributed by atoms with van der Waals surface area (Å²) in [5.41, 5.74) is 7.53. The summed E-state index contributed by atoms with van der Waals surface area (Å²) in [5.74, 6) is 0.587. The van der Waals surface area contributed by atoms with Crippen molar-refractivity contribution < 1.29 is 9.63 Å². The highest BCUT2D eigenvalue weighted by Gasteiger charge is 2.22. The van der Waals surface area contributed by atoms with E-state index >= 15 is 0 Å². The third-order valence-corrected chi connectivity index (χ3v) is 7.55. The number of aryl methyl sites for hydroxylation is 1. The van der Waals surface area contributed by atoms with Gasteiger partial charge in [0.2, 0.25) is 0 Å². The maximum atomic E-state index is 12.2. The molecule has 2 aromatic rings.